The van der Waals surface area contributed by atoms with Gasteiger partial charge in [0.15, 0.2) is 6.17 Å². The van der Waals surface area contributed by atoms with Crippen LogP contribution in [0.3, 0.4) is 0 Å². The third kappa shape index (κ3) is 3.60. The molecule has 0 radical (unpaired) electrons. The molecule has 2 aromatic heterocycles. The zero-order chi connectivity index (χ0) is 20.7. The highest BCUT2D eigenvalue weighted by Gasteiger charge is 2.41. The van der Waals surface area contributed by atoms with Crippen molar-refractivity contribution in [3.05, 3.63) is 42.2 Å². The summed E-state index contributed by atoms with van der Waals surface area (Å²) < 4.78 is 20.5. The normalized spacial score (nSPS) is 25.8. The van der Waals surface area contributed by atoms with E-state index < -0.39 is 12.3 Å². The number of piperidine rings is 2. The SMILES string of the molecule is Cc1cnn(-c2ccc(-c3ccc(O[C@@H]4C[C@H]5CCC[C@H](N5)[C@@H]4F)nn3)c(O)c2)n1. The van der Waals surface area contributed by atoms with Gasteiger partial charge in [0, 0.05) is 36.2 Å². The quantitative estimate of drug-likeness (QED) is 0.682. The summed E-state index contributed by atoms with van der Waals surface area (Å²) in [6.07, 6.45) is 3.65. The van der Waals surface area contributed by atoms with E-state index in [4.69, 9.17) is 4.74 Å². The summed E-state index contributed by atoms with van der Waals surface area (Å²) in [4.78, 5) is 1.45. The molecule has 0 spiro atoms. The van der Waals surface area contributed by atoms with Crippen LogP contribution >= 0.6 is 0 Å². The Morgan fingerprint density at radius 3 is 2.83 bits per heavy atom. The summed E-state index contributed by atoms with van der Waals surface area (Å²) in [6, 6.07) is 8.64. The number of halogens is 1. The summed E-state index contributed by atoms with van der Waals surface area (Å²) in [7, 11) is 0. The lowest BCUT2D eigenvalue weighted by Gasteiger charge is -2.42. The van der Waals surface area contributed by atoms with Gasteiger partial charge in [0.1, 0.15) is 11.9 Å². The van der Waals surface area contributed by atoms with Crippen molar-refractivity contribution in [3.63, 3.8) is 0 Å². The number of aryl methyl sites for hydroxylation is 1. The van der Waals surface area contributed by atoms with Gasteiger partial charge in [0.2, 0.25) is 5.88 Å². The molecule has 2 fully saturated rings. The fourth-order valence-electron chi connectivity index (χ4n) is 4.28. The number of aromatic nitrogens is 5. The van der Waals surface area contributed by atoms with E-state index in [0.717, 1.165) is 25.0 Å². The molecule has 2 aliphatic heterocycles. The first kappa shape index (κ1) is 18.9. The molecule has 8 nitrogen and oxygen atoms in total. The molecule has 9 heteroatoms. The number of alkyl halides is 1. The van der Waals surface area contributed by atoms with E-state index in [1.807, 2.05) is 6.92 Å². The van der Waals surface area contributed by atoms with Crippen LogP contribution < -0.4 is 10.1 Å². The standard InChI is InChI=1S/C21H23FN6O2/c1-12-11-23-28(27-12)14-5-6-15(18(29)10-14)16-7-8-20(26-25-16)30-19-9-13-3-2-4-17(24-13)21(19)22/h5-8,10-11,13,17,19,21,24,29H,2-4,9H2,1H3/t13-,17+,19-,21+/m1/s1. The van der Waals surface area contributed by atoms with Crippen LogP contribution in [0.5, 0.6) is 11.6 Å². The van der Waals surface area contributed by atoms with E-state index in [1.165, 1.54) is 4.80 Å². The van der Waals surface area contributed by atoms with E-state index in [-0.39, 0.29) is 11.8 Å². The third-order valence-electron chi connectivity index (χ3n) is 5.78. The highest BCUT2D eigenvalue weighted by Crippen LogP contribution is 2.32. The molecule has 1 aromatic carbocycles. The topological polar surface area (TPSA) is 98.0 Å². The van der Waals surface area contributed by atoms with Crippen LogP contribution in [0.25, 0.3) is 16.9 Å². The zero-order valence-corrected chi connectivity index (χ0v) is 16.6. The molecule has 4 heterocycles. The van der Waals surface area contributed by atoms with Crippen molar-refractivity contribution < 1.29 is 14.2 Å². The molecule has 2 N–H and O–H groups in total. The summed E-state index contributed by atoms with van der Waals surface area (Å²) >= 11 is 0. The fourth-order valence-corrected chi connectivity index (χ4v) is 4.28. The monoisotopic (exact) mass is 410 g/mol. The second-order valence-corrected chi connectivity index (χ2v) is 7.97. The van der Waals surface area contributed by atoms with E-state index in [1.54, 1.807) is 36.5 Å². The first-order valence-electron chi connectivity index (χ1n) is 10.2. The fraction of sp³-hybridized carbons (Fsp3) is 0.429. The van der Waals surface area contributed by atoms with Crippen molar-refractivity contribution >= 4 is 0 Å². The lowest BCUT2D eigenvalue weighted by Crippen LogP contribution is -2.59. The van der Waals surface area contributed by atoms with Gasteiger partial charge in [-0.3, -0.25) is 0 Å². The number of benzene rings is 1. The van der Waals surface area contributed by atoms with Gasteiger partial charge in [0.05, 0.1) is 23.3 Å². The summed E-state index contributed by atoms with van der Waals surface area (Å²) in [5.74, 6) is 0.333. The van der Waals surface area contributed by atoms with Gasteiger partial charge in [0.25, 0.3) is 0 Å². The molecular weight excluding hydrogens is 387 g/mol. The van der Waals surface area contributed by atoms with Crippen molar-refractivity contribution in [3.8, 4) is 28.6 Å². The zero-order valence-electron chi connectivity index (χ0n) is 16.6. The van der Waals surface area contributed by atoms with Gasteiger partial charge in [-0.05, 0) is 38.0 Å². The Labute approximate surface area is 173 Å². The van der Waals surface area contributed by atoms with Crippen LogP contribution in [-0.4, -0.2) is 54.7 Å². The van der Waals surface area contributed by atoms with E-state index >= 15 is 0 Å². The van der Waals surface area contributed by atoms with Crippen LogP contribution in [0, 0.1) is 6.92 Å². The smallest absolute Gasteiger partial charge is 0.233 e. The number of nitrogens with zero attached hydrogens (tertiary/aromatic N) is 5. The summed E-state index contributed by atoms with van der Waals surface area (Å²) in [6.45, 7) is 1.85. The minimum absolute atomic E-state index is 0.0421. The van der Waals surface area contributed by atoms with Crippen LogP contribution in [-0.2, 0) is 0 Å². The third-order valence-corrected chi connectivity index (χ3v) is 5.78. The minimum atomic E-state index is -1.06. The lowest BCUT2D eigenvalue weighted by atomic mass is 9.84. The predicted molar refractivity (Wildman–Crippen MR) is 107 cm³/mol. The second kappa shape index (κ2) is 7.64. The maximum atomic E-state index is 14.7. The molecule has 3 aromatic rings. The van der Waals surface area contributed by atoms with Crippen molar-refractivity contribution in [1.82, 2.24) is 30.5 Å². The molecule has 2 bridgehead atoms. The van der Waals surface area contributed by atoms with E-state index in [9.17, 15) is 9.50 Å². The Bertz CT molecular complexity index is 1040. The maximum Gasteiger partial charge on any atom is 0.233 e. The molecule has 4 atom stereocenters. The number of ether oxygens (including phenoxy) is 1. The Kier molecular flexibility index (Phi) is 4.82. The molecule has 156 valence electrons. The van der Waals surface area contributed by atoms with Gasteiger partial charge in [-0.15, -0.1) is 10.2 Å². The maximum absolute atomic E-state index is 14.7. The second-order valence-electron chi connectivity index (χ2n) is 7.97. The number of hydrogen-bond donors (Lipinski definition) is 2. The van der Waals surface area contributed by atoms with E-state index in [0.29, 0.717) is 35.3 Å². The Morgan fingerprint density at radius 1 is 1.20 bits per heavy atom. The number of hydrogen-bond acceptors (Lipinski definition) is 7. The van der Waals surface area contributed by atoms with Crippen molar-refractivity contribution in [2.45, 2.75) is 57.0 Å². The van der Waals surface area contributed by atoms with Gasteiger partial charge in [-0.2, -0.15) is 15.0 Å². The van der Waals surface area contributed by atoms with Crippen molar-refractivity contribution in [1.29, 1.82) is 0 Å². The largest absolute Gasteiger partial charge is 0.507 e. The molecule has 2 aliphatic rings. The average molecular weight is 410 g/mol. The lowest BCUT2D eigenvalue weighted by molar-refractivity contribution is 0.00652. The number of nitrogens with one attached hydrogen (secondary N) is 1. The van der Waals surface area contributed by atoms with Crippen LogP contribution in [0.1, 0.15) is 31.4 Å². The van der Waals surface area contributed by atoms with Crippen molar-refractivity contribution in [2.75, 3.05) is 0 Å². The van der Waals surface area contributed by atoms with Crippen molar-refractivity contribution in [2.24, 2.45) is 0 Å². The van der Waals surface area contributed by atoms with Gasteiger partial charge in [-0.1, -0.05) is 6.42 Å². The number of rotatable bonds is 4. The Balaban J connectivity index is 1.31. The molecule has 2 saturated heterocycles. The number of aromatic hydroxyl groups is 1. The highest BCUT2D eigenvalue weighted by atomic mass is 19.1. The Hall–Kier alpha value is -3.07. The number of phenols is 1. The highest BCUT2D eigenvalue weighted by molar-refractivity contribution is 5.68. The molecule has 0 aliphatic carbocycles. The minimum Gasteiger partial charge on any atom is -0.507 e. The number of fused-ring (bicyclic) bond motifs is 2. The summed E-state index contributed by atoms with van der Waals surface area (Å²) in [5.41, 5.74) is 2.45. The molecule has 0 saturated carbocycles. The average Bonchev–Trinajstić information content (AvgIpc) is 3.19. The van der Waals surface area contributed by atoms with Gasteiger partial charge in [-0.25, -0.2) is 4.39 Å². The molecule has 0 amide bonds. The predicted octanol–water partition coefficient (Wildman–Crippen LogP) is 2.74. The summed E-state index contributed by atoms with van der Waals surface area (Å²) in [5, 5.41) is 30.4. The van der Waals surface area contributed by atoms with Crippen LogP contribution in [0.4, 0.5) is 4.39 Å². The first-order valence-corrected chi connectivity index (χ1v) is 10.2. The molecular formula is C21H23FN6O2. The molecule has 0 unspecified atom stereocenters. The van der Waals surface area contributed by atoms with Crippen LogP contribution in [0.15, 0.2) is 36.5 Å². The first-order chi connectivity index (χ1) is 14.6. The van der Waals surface area contributed by atoms with Crippen LogP contribution in [0.2, 0.25) is 0 Å². The molecule has 5 rings (SSSR count). The van der Waals surface area contributed by atoms with E-state index in [2.05, 4.69) is 25.7 Å². The molecule has 30 heavy (non-hydrogen) atoms. The Morgan fingerprint density at radius 2 is 2.10 bits per heavy atom. The van der Waals surface area contributed by atoms with Gasteiger partial charge >= 0.3 is 0 Å². The number of phenolic OH excluding ortho intramolecular Hbond substituents is 1. The van der Waals surface area contributed by atoms with Gasteiger partial charge < -0.3 is 15.2 Å².